The lowest BCUT2D eigenvalue weighted by Gasteiger charge is -2.47. The number of nitrogens with zero attached hydrogens (tertiary/aromatic N) is 1. The Morgan fingerprint density at radius 2 is 2.00 bits per heavy atom. The fourth-order valence-corrected chi connectivity index (χ4v) is 4.13. The molecule has 1 aromatic heterocycles. The Labute approximate surface area is 160 Å². The highest BCUT2D eigenvalue weighted by Crippen LogP contribution is 2.44. The number of furan rings is 1. The van der Waals surface area contributed by atoms with Crippen molar-refractivity contribution in [2.45, 2.75) is 51.3 Å². The van der Waals surface area contributed by atoms with Gasteiger partial charge in [-0.3, -0.25) is 9.69 Å². The third kappa shape index (κ3) is 3.88. The molecule has 0 unspecified atom stereocenters. The molecule has 2 aliphatic heterocycles. The Morgan fingerprint density at radius 1 is 1.22 bits per heavy atom. The average molecular weight is 368 g/mol. The number of ether oxygens (including phenoxy) is 1. The lowest BCUT2D eigenvalue weighted by Crippen LogP contribution is -2.52. The number of rotatable bonds is 4. The van der Waals surface area contributed by atoms with Crippen LogP contribution in [0.1, 0.15) is 50.5 Å². The first-order valence-electron chi connectivity index (χ1n) is 9.88. The summed E-state index contributed by atoms with van der Waals surface area (Å²) < 4.78 is 12.0. The number of nitrogens with one attached hydrogen (secondary N) is 1. The van der Waals surface area contributed by atoms with Crippen LogP contribution in [0.15, 0.2) is 47.1 Å². The maximum Gasteiger partial charge on any atom is 0.223 e. The van der Waals surface area contributed by atoms with E-state index < -0.39 is 0 Å². The van der Waals surface area contributed by atoms with Crippen LogP contribution in [0.5, 0.6) is 5.75 Å². The molecule has 3 heterocycles. The Morgan fingerprint density at radius 3 is 2.70 bits per heavy atom. The smallest absolute Gasteiger partial charge is 0.223 e. The molecule has 144 valence electrons. The molecule has 1 amide bonds. The van der Waals surface area contributed by atoms with Crippen LogP contribution in [0.3, 0.4) is 0 Å². The Hall–Kier alpha value is -2.27. The molecule has 1 spiro atoms. The zero-order valence-corrected chi connectivity index (χ0v) is 16.1. The largest absolute Gasteiger partial charge is 0.487 e. The second kappa shape index (κ2) is 7.39. The molecule has 0 radical (unpaired) electrons. The number of fused-ring (bicyclic) bond motifs is 1. The van der Waals surface area contributed by atoms with E-state index in [9.17, 15) is 4.79 Å². The summed E-state index contributed by atoms with van der Waals surface area (Å²) in [5, 5.41) is 3.25. The average Bonchev–Trinajstić information content (AvgIpc) is 3.17. The Bertz CT molecular complexity index is 777. The number of likely N-dealkylation sites (tertiary alicyclic amines) is 1. The Balaban J connectivity index is 1.48. The van der Waals surface area contributed by atoms with Crippen molar-refractivity contribution >= 4 is 5.91 Å². The predicted octanol–water partition coefficient (Wildman–Crippen LogP) is 3.91. The SMILES string of the molecule is CC(C)C(=O)N[C@@H]1CC2(CCN(Cc3ccco3)CC2)Oc2ccccc21. The van der Waals surface area contributed by atoms with Gasteiger partial charge in [0, 0.05) is 31.0 Å². The fraction of sp³-hybridized carbons (Fsp3) is 0.500. The summed E-state index contributed by atoms with van der Waals surface area (Å²) >= 11 is 0. The summed E-state index contributed by atoms with van der Waals surface area (Å²) in [5.74, 6) is 1.99. The molecule has 0 saturated carbocycles. The fourth-order valence-electron chi connectivity index (χ4n) is 4.13. The molecule has 2 aromatic rings. The highest BCUT2D eigenvalue weighted by atomic mass is 16.5. The lowest BCUT2D eigenvalue weighted by atomic mass is 9.80. The van der Waals surface area contributed by atoms with Gasteiger partial charge in [0.05, 0.1) is 18.8 Å². The van der Waals surface area contributed by atoms with Gasteiger partial charge in [0.2, 0.25) is 5.91 Å². The molecular weight excluding hydrogens is 340 g/mol. The molecular formula is C22H28N2O3. The summed E-state index contributed by atoms with van der Waals surface area (Å²) in [6.07, 6.45) is 4.47. The highest BCUT2D eigenvalue weighted by Gasteiger charge is 2.43. The molecule has 1 saturated heterocycles. The summed E-state index contributed by atoms with van der Waals surface area (Å²) in [6.45, 7) is 6.64. The van der Waals surface area contributed by atoms with Gasteiger partial charge in [-0.25, -0.2) is 0 Å². The van der Waals surface area contributed by atoms with Gasteiger partial charge < -0.3 is 14.5 Å². The minimum atomic E-state index is -0.205. The summed E-state index contributed by atoms with van der Waals surface area (Å²) in [6, 6.07) is 12.1. The van der Waals surface area contributed by atoms with Crippen molar-refractivity contribution in [3.63, 3.8) is 0 Å². The second-order valence-corrected chi connectivity index (χ2v) is 8.10. The normalized spacial score (nSPS) is 21.7. The van der Waals surface area contributed by atoms with Crippen molar-refractivity contribution in [3.8, 4) is 5.75 Å². The van der Waals surface area contributed by atoms with E-state index in [1.807, 2.05) is 44.2 Å². The molecule has 5 heteroatoms. The van der Waals surface area contributed by atoms with E-state index in [4.69, 9.17) is 9.15 Å². The number of carbonyl (C=O) groups is 1. The molecule has 27 heavy (non-hydrogen) atoms. The summed E-state index contributed by atoms with van der Waals surface area (Å²) in [7, 11) is 0. The number of benzene rings is 1. The van der Waals surface area contributed by atoms with Crippen molar-refractivity contribution in [1.29, 1.82) is 0 Å². The van der Waals surface area contributed by atoms with Crippen LogP contribution < -0.4 is 10.1 Å². The maximum absolute atomic E-state index is 12.4. The van der Waals surface area contributed by atoms with Crippen molar-refractivity contribution in [2.75, 3.05) is 13.1 Å². The summed E-state index contributed by atoms with van der Waals surface area (Å²) in [5.41, 5.74) is 0.887. The number of carbonyl (C=O) groups excluding carboxylic acids is 1. The third-order valence-electron chi connectivity index (χ3n) is 5.76. The molecule has 0 bridgehead atoms. The van der Waals surface area contributed by atoms with E-state index in [1.165, 1.54) is 0 Å². The van der Waals surface area contributed by atoms with Gasteiger partial charge in [-0.1, -0.05) is 32.0 Å². The lowest BCUT2D eigenvalue weighted by molar-refractivity contribution is -0.125. The topological polar surface area (TPSA) is 54.7 Å². The van der Waals surface area contributed by atoms with Crippen LogP contribution in [0, 0.1) is 5.92 Å². The molecule has 1 atom stereocenters. The molecule has 0 aliphatic carbocycles. The van der Waals surface area contributed by atoms with Gasteiger partial charge in [-0.05, 0) is 31.0 Å². The minimum Gasteiger partial charge on any atom is -0.487 e. The molecule has 2 aliphatic rings. The minimum absolute atomic E-state index is 0.0153. The van der Waals surface area contributed by atoms with E-state index in [2.05, 4.69) is 16.3 Å². The van der Waals surface area contributed by atoms with Crippen molar-refractivity contribution in [2.24, 2.45) is 5.92 Å². The first kappa shape index (κ1) is 18.1. The molecule has 4 rings (SSSR count). The number of amides is 1. The van der Waals surface area contributed by atoms with Gasteiger partial charge in [-0.15, -0.1) is 0 Å². The maximum atomic E-state index is 12.4. The zero-order chi connectivity index (χ0) is 18.9. The molecule has 1 aromatic carbocycles. The molecule has 1 fully saturated rings. The van der Waals surface area contributed by atoms with Gasteiger partial charge >= 0.3 is 0 Å². The third-order valence-corrected chi connectivity index (χ3v) is 5.76. The number of hydrogen-bond donors (Lipinski definition) is 1. The van der Waals surface area contributed by atoms with Gasteiger partial charge in [0.25, 0.3) is 0 Å². The Kier molecular flexibility index (Phi) is 4.96. The monoisotopic (exact) mass is 368 g/mol. The number of piperidine rings is 1. The quantitative estimate of drug-likeness (QED) is 0.889. The van der Waals surface area contributed by atoms with E-state index in [0.717, 1.165) is 56.0 Å². The van der Waals surface area contributed by atoms with E-state index in [1.54, 1.807) is 6.26 Å². The highest BCUT2D eigenvalue weighted by molar-refractivity contribution is 5.78. The van der Waals surface area contributed by atoms with Gasteiger partial charge in [0.15, 0.2) is 0 Å². The van der Waals surface area contributed by atoms with Crippen LogP contribution in [0.4, 0.5) is 0 Å². The standard InChI is InChI=1S/C22H28N2O3/c1-16(2)21(25)23-19-14-22(27-20-8-4-3-7-18(19)20)9-11-24(12-10-22)15-17-6-5-13-26-17/h3-8,13,16,19H,9-12,14-15H2,1-2H3,(H,23,25)/t19-/m1/s1. The van der Waals surface area contributed by atoms with Crippen molar-refractivity contribution < 1.29 is 13.9 Å². The second-order valence-electron chi connectivity index (χ2n) is 8.10. The molecule has 5 nitrogen and oxygen atoms in total. The molecule has 1 N–H and O–H groups in total. The number of hydrogen-bond acceptors (Lipinski definition) is 4. The predicted molar refractivity (Wildman–Crippen MR) is 103 cm³/mol. The van der Waals surface area contributed by atoms with Crippen LogP contribution in [-0.2, 0) is 11.3 Å². The first-order valence-corrected chi connectivity index (χ1v) is 9.88. The van der Waals surface area contributed by atoms with Crippen LogP contribution in [-0.4, -0.2) is 29.5 Å². The van der Waals surface area contributed by atoms with E-state index >= 15 is 0 Å². The van der Waals surface area contributed by atoms with Crippen LogP contribution in [0.25, 0.3) is 0 Å². The number of para-hydroxylation sites is 1. The van der Waals surface area contributed by atoms with Crippen molar-refractivity contribution in [3.05, 3.63) is 54.0 Å². The van der Waals surface area contributed by atoms with E-state index in [-0.39, 0.29) is 23.5 Å². The van der Waals surface area contributed by atoms with Crippen LogP contribution >= 0.6 is 0 Å². The van der Waals surface area contributed by atoms with E-state index in [0.29, 0.717) is 0 Å². The first-order chi connectivity index (χ1) is 13.0. The van der Waals surface area contributed by atoms with Gasteiger partial charge in [-0.2, -0.15) is 0 Å². The zero-order valence-electron chi connectivity index (χ0n) is 16.1. The van der Waals surface area contributed by atoms with Gasteiger partial charge in [0.1, 0.15) is 17.1 Å². The van der Waals surface area contributed by atoms with Crippen LogP contribution in [0.2, 0.25) is 0 Å². The summed E-state index contributed by atoms with van der Waals surface area (Å²) in [4.78, 5) is 14.8. The van der Waals surface area contributed by atoms with Crippen molar-refractivity contribution in [1.82, 2.24) is 10.2 Å².